The Morgan fingerprint density at radius 1 is 1.26 bits per heavy atom. The first-order valence-electron chi connectivity index (χ1n) is 7.19. The Morgan fingerprint density at radius 3 is 3.00 bits per heavy atom. The monoisotopic (exact) mass is 271 g/mol. The first kappa shape index (κ1) is 12.9. The fraction of sp³-hybridized carbons (Fsp3) is 0.412. The van der Waals surface area contributed by atoms with Crippen LogP contribution < -0.4 is 5.32 Å². The summed E-state index contributed by atoms with van der Waals surface area (Å²) >= 11 is 1.84. The number of thiophene rings is 1. The van der Waals surface area contributed by atoms with Crippen LogP contribution in [0.2, 0.25) is 0 Å². The standard InChI is InChI=1S/C17H21NS/c1-13(17-10-5-11-19-17)18-12-15-8-4-7-14-6-2-3-9-16(14)15/h2-3,5-6,9-11,13,15,18H,4,7-8,12H2,1H3. The van der Waals surface area contributed by atoms with Gasteiger partial charge in [-0.05, 0) is 54.7 Å². The fourth-order valence-corrected chi connectivity index (χ4v) is 3.78. The van der Waals surface area contributed by atoms with Gasteiger partial charge in [-0.1, -0.05) is 30.3 Å². The molecule has 0 saturated heterocycles. The van der Waals surface area contributed by atoms with Crippen LogP contribution in [0.15, 0.2) is 41.8 Å². The van der Waals surface area contributed by atoms with Gasteiger partial charge in [-0.3, -0.25) is 0 Å². The Balaban J connectivity index is 1.65. The topological polar surface area (TPSA) is 12.0 Å². The van der Waals surface area contributed by atoms with Crippen molar-refractivity contribution < 1.29 is 0 Å². The number of benzene rings is 1. The van der Waals surface area contributed by atoms with E-state index in [9.17, 15) is 0 Å². The molecule has 0 bridgehead atoms. The summed E-state index contributed by atoms with van der Waals surface area (Å²) in [5.41, 5.74) is 3.13. The van der Waals surface area contributed by atoms with E-state index in [1.54, 1.807) is 11.1 Å². The smallest absolute Gasteiger partial charge is 0.0386 e. The molecule has 1 heterocycles. The second-order valence-electron chi connectivity index (χ2n) is 5.43. The summed E-state index contributed by atoms with van der Waals surface area (Å²) in [6.45, 7) is 3.36. The third kappa shape index (κ3) is 2.90. The Labute approximate surface area is 119 Å². The average molecular weight is 271 g/mol. The molecule has 2 atom stereocenters. The fourth-order valence-electron chi connectivity index (χ4n) is 3.02. The highest BCUT2D eigenvalue weighted by atomic mass is 32.1. The van der Waals surface area contributed by atoms with Gasteiger partial charge in [-0.15, -0.1) is 11.3 Å². The molecule has 2 aromatic rings. The highest BCUT2D eigenvalue weighted by molar-refractivity contribution is 7.10. The third-order valence-corrected chi connectivity index (χ3v) is 5.19. The molecular weight excluding hydrogens is 250 g/mol. The van der Waals surface area contributed by atoms with Crippen LogP contribution in [0.5, 0.6) is 0 Å². The minimum absolute atomic E-state index is 0.467. The van der Waals surface area contributed by atoms with Crippen LogP contribution in [0.4, 0.5) is 0 Å². The van der Waals surface area contributed by atoms with Gasteiger partial charge in [0.05, 0.1) is 0 Å². The molecule has 0 saturated carbocycles. The van der Waals surface area contributed by atoms with Gasteiger partial charge in [0.1, 0.15) is 0 Å². The first-order valence-corrected chi connectivity index (χ1v) is 8.07. The summed E-state index contributed by atoms with van der Waals surface area (Å²) in [6.07, 6.45) is 3.91. The summed E-state index contributed by atoms with van der Waals surface area (Å²) in [7, 11) is 0. The number of nitrogens with one attached hydrogen (secondary N) is 1. The van der Waals surface area contributed by atoms with Crippen LogP contribution in [-0.2, 0) is 6.42 Å². The lowest BCUT2D eigenvalue weighted by molar-refractivity contribution is 0.476. The van der Waals surface area contributed by atoms with Gasteiger partial charge in [0.2, 0.25) is 0 Å². The van der Waals surface area contributed by atoms with Crippen LogP contribution in [0, 0.1) is 0 Å². The zero-order valence-electron chi connectivity index (χ0n) is 11.4. The molecule has 0 aliphatic heterocycles. The van der Waals surface area contributed by atoms with Crippen molar-refractivity contribution in [2.75, 3.05) is 6.54 Å². The molecule has 0 radical (unpaired) electrons. The number of hydrogen-bond donors (Lipinski definition) is 1. The lowest BCUT2D eigenvalue weighted by Gasteiger charge is -2.27. The average Bonchev–Trinajstić information content (AvgIpc) is 2.99. The first-order chi connectivity index (χ1) is 9.34. The number of hydrogen-bond acceptors (Lipinski definition) is 2. The van der Waals surface area contributed by atoms with Crippen LogP contribution in [0.3, 0.4) is 0 Å². The second kappa shape index (κ2) is 5.89. The molecule has 1 aromatic carbocycles. The Bertz CT molecular complexity index is 518. The molecule has 1 aliphatic rings. The Hall–Kier alpha value is -1.12. The summed E-state index contributed by atoms with van der Waals surface area (Å²) in [6, 6.07) is 13.8. The van der Waals surface area contributed by atoms with Crippen LogP contribution in [0.25, 0.3) is 0 Å². The van der Waals surface area contributed by atoms with Crippen molar-refractivity contribution >= 4 is 11.3 Å². The summed E-state index contributed by atoms with van der Waals surface area (Å²) in [5, 5.41) is 5.86. The summed E-state index contributed by atoms with van der Waals surface area (Å²) in [5.74, 6) is 0.687. The zero-order valence-corrected chi connectivity index (χ0v) is 12.2. The van der Waals surface area contributed by atoms with Crippen LogP contribution in [0.1, 0.15) is 47.7 Å². The van der Waals surface area contributed by atoms with Crippen molar-refractivity contribution in [3.8, 4) is 0 Å². The summed E-state index contributed by atoms with van der Waals surface area (Å²) in [4.78, 5) is 1.43. The molecule has 0 fully saturated rings. The summed E-state index contributed by atoms with van der Waals surface area (Å²) < 4.78 is 0. The maximum absolute atomic E-state index is 3.71. The molecule has 2 heteroatoms. The molecule has 1 nitrogen and oxygen atoms in total. The van der Waals surface area contributed by atoms with Crippen LogP contribution in [-0.4, -0.2) is 6.54 Å². The van der Waals surface area contributed by atoms with Gasteiger partial charge in [-0.25, -0.2) is 0 Å². The molecule has 3 rings (SSSR count). The van der Waals surface area contributed by atoms with E-state index >= 15 is 0 Å². The van der Waals surface area contributed by atoms with Crippen molar-refractivity contribution in [3.05, 3.63) is 57.8 Å². The van der Waals surface area contributed by atoms with E-state index in [2.05, 4.69) is 54.0 Å². The van der Waals surface area contributed by atoms with Gasteiger partial charge >= 0.3 is 0 Å². The number of aryl methyl sites for hydroxylation is 1. The lowest BCUT2D eigenvalue weighted by atomic mass is 9.83. The van der Waals surface area contributed by atoms with Gasteiger partial charge < -0.3 is 5.32 Å². The largest absolute Gasteiger partial charge is 0.309 e. The minimum atomic E-state index is 0.467. The molecule has 2 unspecified atom stereocenters. The normalized spacial score (nSPS) is 19.9. The van der Waals surface area contributed by atoms with Crippen molar-refractivity contribution in [1.29, 1.82) is 0 Å². The van der Waals surface area contributed by atoms with E-state index in [0.717, 1.165) is 6.54 Å². The highest BCUT2D eigenvalue weighted by Crippen LogP contribution is 2.31. The van der Waals surface area contributed by atoms with Gasteiger partial charge in [0.25, 0.3) is 0 Å². The molecule has 0 spiro atoms. The van der Waals surface area contributed by atoms with Gasteiger partial charge in [-0.2, -0.15) is 0 Å². The Kier molecular flexibility index (Phi) is 4.00. The molecule has 1 N–H and O–H groups in total. The maximum atomic E-state index is 3.71. The van der Waals surface area contributed by atoms with E-state index in [1.807, 2.05) is 11.3 Å². The molecule has 0 amide bonds. The number of rotatable bonds is 4. The molecule has 1 aromatic heterocycles. The van der Waals surface area contributed by atoms with Gasteiger partial charge in [0.15, 0.2) is 0 Å². The minimum Gasteiger partial charge on any atom is -0.309 e. The van der Waals surface area contributed by atoms with E-state index in [-0.39, 0.29) is 0 Å². The zero-order chi connectivity index (χ0) is 13.1. The van der Waals surface area contributed by atoms with E-state index < -0.39 is 0 Å². The maximum Gasteiger partial charge on any atom is 0.0386 e. The van der Waals surface area contributed by atoms with E-state index in [4.69, 9.17) is 0 Å². The third-order valence-electron chi connectivity index (χ3n) is 4.13. The molecule has 1 aliphatic carbocycles. The molecule has 100 valence electrons. The van der Waals surface area contributed by atoms with Gasteiger partial charge in [0, 0.05) is 17.5 Å². The molecule has 19 heavy (non-hydrogen) atoms. The van der Waals surface area contributed by atoms with Crippen molar-refractivity contribution in [1.82, 2.24) is 5.32 Å². The SMILES string of the molecule is CC(NCC1CCCc2ccccc21)c1cccs1. The van der Waals surface area contributed by atoms with Crippen molar-refractivity contribution in [2.24, 2.45) is 0 Å². The quantitative estimate of drug-likeness (QED) is 0.862. The lowest BCUT2D eigenvalue weighted by Crippen LogP contribution is -2.26. The van der Waals surface area contributed by atoms with E-state index in [0.29, 0.717) is 12.0 Å². The number of fused-ring (bicyclic) bond motifs is 1. The van der Waals surface area contributed by atoms with Crippen LogP contribution >= 0.6 is 11.3 Å². The second-order valence-corrected chi connectivity index (χ2v) is 6.41. The van der Waals surface area contributed by atoms with Crippen molar-refractivity contribution in [3.63, 3.8) is 0 Å². The highest BCUT2D eigenvalue weighted by Gasteiger charge is 2.20. The predicted octanol–water partition coefficient (Wildman–Crippen LogP) is 4.52. The molecular formula is C17H21NS. The Morgan fingerprint density at radius 2 is 2.16 bits per heavy atom. The van der Waals surface area contributed by atoms with E-state index in [1.165, 1.54) is 24.1 Å². The predicted molar refractivity (Wildman–Crippen MR) is 82.9 cm³/mol. The van der Waals surface area contributed by atoms with Crippen molar-refractivity contribution in [2.45, 2.75) is 38.1 Å².